The van der Waals surface area contributed by atoms with Crippen LogP contribution in [0, 0.1) is 17.3 Å². The molecule has 3 unspecified atom stereocenters. The molecule has 1 aliphatic carbocycles. The van der Waals surface area contributed by atoms with E-state index >= 15 is 0 Å². The second-order valence-electron chi connectivity index (χ2n) is 7.05. The fourth-order valence-electron chi connectivity index (χ4n) is 3.44. The molecule has 0 N–H and O–H groups in total. The van der Waals surface area contributed by atoms with E-state index in [2.05, 4.69) is 32.1 Å². The van der Waals surface area contributed by atoms with Gasteiger partial charge in [-0.05, 0) is 48.5 Å². The zero-order valence-corrected chi connectivity index (χ0v) is 13.5. The predicted molar refractivity (Wildman–Crippen MR) is 81.5 cm³/mol. The van der Waals surface area contributed by atoms with E-state index < -0.39 is 0 Å². The smallest absolute Gasteiger partial charge is 0.0521 e. The van der Waals surface area contributed by atoms with Crippen molar-refractivity contribution in [3.05, 3.63) is 18.0 Å². The molecule has 3 atom stereocenters. The minimum atomic E-state index is 0.322. The van der Waals surface area contributed by atoms with Gasteiger partial charge in [0.2, 0.25) is 0 Å². The Morgan fingerprint density at radius 3 is 2.74 bits per heavy atom. The normalized spacial score (nSPS) is 28.6. The highest BCUT2D eigenvalue weighted by molar-refractivity contribution is 6.20. The fourth-order valence-corrected chi connectivity index (χ4v) is 4.22. The lowest BCUT2D eigenvalue weighted by atomic mass is 9.66. The van der Waals surface area contributed by atoms with E-state index in [0.29, 0.717) is 16.7 Å². The monoisotopic (exact) mass is 282 g/mol. The van der Waals surface area contributed by atoms with E-state index in [4.69, 9.17) is 11.6 Å². The highest BCUT2D eigenvalue weighted by Crippen LogP contribution is 2.45. The van der Waals surface area contributed by atoms with Crippen LogP contribution in [-0.4, -0.2) is 15.2 Å². The molecule has 3 heteroatoms. The van der Waals surface area contributed by atoms with Gasteiger partial charge in [0.15, 0.2) is 0 Å². The molecule has 1 aromatic rings. The Kier molecular flexibility index (Phi) is 4.60. The van der Waals surface area contributed by atoms with Crippen LogP contribution in [0.25, 0.3) is 0 Å². The third-order valence-electron chi connectivity index (χ3n) is 4.85. The van der Waals surface area contributed by atoms with E-state index in [0.717, 1.165) is 12.3 Å². The molecule has 1 aliphatic rings. The van der Waals surface area contributed by atoms with Crippen LogP contribution < -0.4 is 0 Å². The van der Waals surface area contributed by atoms with Crippen LogP contribution in [0.3, 0.4) is 0 Å². The van der Waals surface area contributed by atoms with Gasteiger partial charge in [0.25, 0.3) is 0 Å². The van der Waals surface area contributed by atoms with Gasteiger partial charge in [-0.3, -0.25) is 4.68 Å². The molecule has 1 aromatic heterocycles. The maximum Gasteiger partial charge on any atom is 0.0521 e. The van der Waals surface area contributed by atoms with E-state index in [1.165, 1.54) is 31.2 Å². The van der Waals surface area contributed by atoms with Crippen LogP contribution >= 0.6 is 11.6 Å². The van der Waals surface area contributed by atoms with Crippen molar-refractivity contribution >= 4 is 11.6 Å². The van der Waals surface area contributed by atoms with Crippen LogP contribution in [0.4, 0.5) is 0 Å². The zero-order valence-electron chi connectivity index (χ0n) is 12.7. The van der Waals surface area contributed by atoms with E-state index in [1.807, 2.05) is 17.9 Å². The van der Waals surface area contributed by atoms with Crippen molar-refractivity contribution in [3.63, 3.8) is 0 Å². The first-order valence-corrected chi connectivity index (χ1v) is 7.94. The van der Waals surface area contributed by atoms with E-state index in [1.54, 1.807) is 0 Å². The van der Waals surface area contributed by atoms with Gasteiger partial charge in [0.1, 0.15) is 0 Å². The number of halogens is 1. The summed E-state index contributed by atoms with van der Waals surface area (Å²) in [4.78, 5) is 0. The molecule has 0 spiro atoms. The summed E-state index contributed by atoms with van der Waals surface area (Å²) in [5.74, 6) is 1.45. The number of aryl methyl sites for hydroxylation is 2. The van der Waals surface area contributed by atoms with Crippen LogP contribution in [-0.2, 0) is 13.5 Å². The lowest BCUT2D eigenvalue weighted by Crippen LogP contribution is -2.36. The van der Waals surface area contributed by atoms with Gasteiger partial charge in [-0.25, -0.2) is 0 Å². The van der Waals surface area contributed by atoms with Gasteiger partial charge in [-0.1, -0.05) is 27.2 Å². The number of hydrogen-bond acceptors (Lipinski definition) is 1. The lowest BCUT2D eigenvalue weighted by molar-refractivity contribution is 0.132. The van der Waals surface area contributed by atoms with Crippen LogP contribution in [0.1, 0.15) is 52.0 Å². The third kappa shape index (κ3) is 3.75. The van der Waals surface area contributed by atoms with Gasteiger partial charge in [0.05, 0.1) is 6.20 Å². The van der Waals surface area contributed by atoms with Crippen molar-refractivity contribution < 1.29 is 0 Å². The van der Waals surface area contributed by atoms with E-state index in [9.17, 15) is 0 Å². The van der Waals surface area contributed by atoms with Gasteiger partial charge in [-0.2, -0.15) is 5.10 Å². The first-order valence-electron chi connectivity index (χ1n) is 7.50. The average molecular weight is 283 g/mol. The summed E-state index contributed by atoms with van der Waals surface area (Å²) in [6.07, 6.45) is 10.2. The van der Waals surface area contributed by atoms with Crippen molar-refractivity contribution in [2.45, 2.75) is 58.3 Å². The molecule has 2 nitrogen and oxygen atoms in total. The number of aromatic nitrogens is 2. The zero-order chi connectivity index (χ0) is 14.0. The molecule has 2 rings (SSSR count). The molecule has 1 heterocycles. The molecule has 19 heavy (non-hydrogen) atoms. The number of hydrogen-bond donors (Lipinski definition) is 0. The molecule has 0 radical (unpaired) electrons. The third-order valence-corrected chi connectivity index (χ3v) is 5.34. The SMILES string of the molecule is CC1CCC(C(C)(C)CCc2cnn(C)c2)C(Cl)C1. The Bertz CT molecular complexity index is 411. The topological polar surface area (TPSA) is 17.8 Å². The molecule has 0 bridgehead atoms. The minimum Gasteiger partial charge on any atom is -0.276 e. The van der Waals surface area contributed by atoms with Crippen molar-refractivity contribution in [1.82, 2.24) is 9.78 Å². The quantitative estimate of drug-likeness (QED) is 0.748. The van der Waals surface area contributed by atoms with Crippen LogP contribution in [0.2, 0.25) is 0 Å². The van der Waals surface area contributed by atoms with Gasteiger partial charge in [-0.15, -0.1) is 11.6 Å². The number of alkyl halides is 1. The summed E-state index contributed by atoms with van der Waals surface area (Å²) >= 11 is 6.63. The highest BCUT2D eigenvalue weighted by Gasteiger charge is 2.37. The van der Waals surface area contributed by atoms with Gasteiger partial charge < -0.3 is 0 Å². The Labute approximate surface area is 122 Å². The largest absolute Gasteiger partial charge is 0.276 e. The van der Waals surface area contributed by atoms with E-state index in [-0.39, 0.29) is 0 Å². The maximum absolute atomic E-state index is 6.63. The summed E-state index contributed by atoms with van der Waals surface area (Å²) in [7, 11) is 1.98. The average Bonchev–Trinajstić information content (AvgIpc) is 2.72. The fraction of sp³-hybridized carbons (Fsp3) is 0.812. The Morgan fingerprint density at radius 1 is 1.42 bits per heavy atom. The summed E-state index contributed by atoms with van der Waals surface area (Å²) < 4.78 is 1.88. The van der Waals surface area contributed by atoms with Gasteiger partial charge in [0, 0.05) is 18.6 Å². The summed E-state index contributed by atoms with van der Waals surface area (Å²) in [6, 6.07) is 0. The number of nitrogens with zero attached hydrogens (tertiary/aromatic N) is 2. The molecular formula is C16H27ClN2. The minimum absolute atomic E-state index is 0.322. The molecule has 108 valence electrons. The first kappa shape index (κ1) is 14.9. The van der Waals surface area contributed by atoms with Crippen molar-refractivity contribution in [1.29, 1.82) is 0 Å². The van der Waals surface area contributed by atoms with Crippen LogP contribution in [0.15, 0.2) is 12.4 Å². The summed E-state index contributed by atoms with van der Waals surface area (Å²) in [5, 5.41) is 4.60. The maximum atomic E-state index is 6.63. The van der Waals surface area contributed by atoms with Crippen molar-refractivity contribution in [3.8, 4) is 0 Å². The molecule has 0 amide bonds. The Morgan fingerprint density at radius 2 is 2.16 bits per heavy atom. The predicted octanol–water partition coefficient (Wildman–Crippen LogP) is 4.42. The Balaban J connectivity index is 1.93. The van der Waals surface area contributed by atoms with Gasteiger partial charge >= 0.3 is 0 Å². The highest BCUT2D eigenvalue weighted by atomic mass is 35.5. The molecule has 0 saturated heterocycles. The Hall–Kier alpha value is -0.500. The summed E-state index contributed by atoms with van der Waals surface area (Å²) in [6.45, 7) is 7.10. The van der Waals surface area contributed by atoms with Crippen LogP contribution in [0.5, 0.6) is 0 Å². The lowest BCUT2D eigenvalue weighted by Gasteiger charge is -2.42. The second kappa shape index (κ2) is 5.87. The molecule has 1 fully saturated rings. The van der Waals surface area contributed by atoms with Crippen molar-refractivity contribution in [2.75, 3.05) is 0 Å². The second-order valence-corrected chi connectivity index (χ2v) is 7.61. The number of rotatable bonds is 4. The first-order chi connectivity index (χ1) is 8.88. The molecule has 1 saturated carbocycles. The molecule has 0 aromatic carbocycles. The van der Waals surface area contributed by atoms with Crippen molar-refractivity contribution in [2.24, 2.45) is 24.3 Å². The molecule has 0 aliphatic heterocycles. The standard InChI is InChI=1S/C16H27ClN2/c1-12-5-6-14(15(17)9-12)16(2,3)8-7-13-10-18-19(4)11-13/h10-12,14-15H,5-9H2,1-4H3. The molecular weight excluding hydrogens is 256 g/mol. The summed E-state index contributed by atoms with van der Waals surface area (Å²) in [5.41, 5.74) is 1.66.